The van der Waals surface area contributed by atoms with Crippen LogP contribution < -0.4 is 10.5 Å². The summed E-state index contributed by atoms with van der Waals surface area (Å²) >= 11 is 0. The fourth-order valence-corrected chi connectivity index (χ4v) is 1.95. The molecule has 0 aliphatic carbocycles. The lowest BCUT2D eigenvalue weighted by Gasteiger charge is -2.18. The highest BCUT2D eigenvalue weighted by molar-refractivity contribution is 5.73. The van der Waals surface area contributed by atoms with Crippen LogP contribution in [0.4, 0.5) is 13.2 Å². The standard InChI is InChI=1S/C13H16F3N3O2/c1-2-10(5-9-7-20-12(17)19-9)21-11-4-3-8(6-18-11)13(14,15)16/h3-4,6,9-10H,2,5,7H2,1H3,(H2,17,19). The largest absolute Gasteiger partial charge is 0.474 e. The first-order valence-corrected chi connectivity index (χ1v) is 6.54. The van der Waals surface area contributed by atoms with E-state index in [9.17, 15) is 13.2 Å². The molecule has 2 heterocycles. The Labute approximate surface area is 120 Å². The lowest BCUT2D eigenvalue weighted by atomic mass is 10.1. The lowest BCUT2D eigenvalue weighted by molar-refractivity contribution is -0.137. The third-order valence-corrected chi connectivity index (χ3v) is 3.07. The van der Waals surface area contributed by atoms with E-state index in [1.54, 1.807) is 0 Å². The maximum atomic E-state index is 12.4. The van der Waals surface area contributed by atoms with Crippen molar-refractivity contribution in [2.45, 2.75) is 38.1 Å². The van der Waals surface area contributed by atoms with E-state index in [-0.39, 0.29) is 24.0 Å². The molecular formula is C13H16F3N3O2. The van der Waals surface area contributed by atoms with Crippen LogP contribution in [0.3, 0.4) is 0 Å². The molecule has 21 heavy (non-hydrogen) atoms. The van der Waals surface area contributed by atoms with Crippen molar-refractivity contribution in [2.75, 3.05) is 6.61 Å². The van der Waals surface area contributed by atoms with E-state index >= 15 is 0 Å². The molecule has 2 rings (SSSR count). The van der Waals surface area contributed by atoms with Crippen LogP contribution in [0.25, 0.3) is 0 Å². The number of rotatable bonds is 5. The molecule has 0 aromatic carbocycles. The molecule has 0 spiro atoms. The third kappa shape index (κ3) is 4.24. The fraction of sp³-hybridized carbons (Fsp3) is 0.538. The summed E-state index contributed by atoms with van der Waals surface area (Å²) in [4.78, 5) is 7.78. The molecular weight excluding hydrogens is 287 g/mol. The van der Waals surface area contributed by atoms with Gasteiger partial charge in [0, 0.05) is 18.7 Å². The highest BCUT2D eigenvalue weighted by atomic mass is 19.4. The minimum atomic E-state index is -4.40. The van der Waals surface area contributed by atoms with Crippen molar-refractivity contribution in [3.8, 4) is 5.88 Å². The normalized spacial score (nSPS) is 19.8. The van der Waals surface area contributed by atoms with Crippen LogP contribution in [-0.4, -0.2) is 29.8 Å². The molecule has 1 aliphatic heterocycles. The lowest BCUT2D eigenvalue weighted by Crippen LogP contribution is -2.23. The quantitative estimate of drug-likeness (QED) is 0.906. The highest BCUT2D eigenvalue weighted by Gasteiger charge is 2.31. The number of nitrogens with two attached hydrogens (primary N) is 1. The van der Waals surface area contributed by atoms with Crippen LogP contribution in [0, 0.1) is 0 Å². The molecule has 0 amide bonds. The van der Waals surface area contributed by atoms with Gasteiger partial charge < -0.3 is 15.2 Å². The van der Waals surface area contributed by atoms with Crippen LogP contribution in [0.2, 0.25) is 0 Å². The number of hydrogen-bond donors (Lipinski definition) is 1. The van der Waals surface area contributed by atoms with Gasteiger partial charge >= 0.3 is 6.18 Å². The second-order valence-corrected chi connectivity index (χ2v) is 4.70. The predicted octanol–water partition coefficient (Wildman–Crippen LogP) is 2.36. The fourth-order valence-electron chi connectivity index (χ4n) is 1.95. The molecule has 116 valence electrons. The molecule has 0 bridgehead atoms. The van der Waals surface area contributed by atoms with Gasteiger partial charge in [0.05, 0.1) is 11.6 Å². The molecule has 1 aromatic rings. The molecule has 2 unspecified atom stereocenters. The average Bonchev–Trinajstić information content (AvgIpc) is 2.83. The minimum absolute atomic E-state index is 0.0931. The number of hydrogen-bond acceptors (Lipinski definition) is 5. The van der Waals surface area contributed by atoms with Crippen molar-refractivity contribution < 1.29 is 22.6 Å². The number of alkyl halides is 3. The van der Waals surface area contributed by atoms with Crippen molar-refractivity contribution in [2.24, 2.45) is 10.7 Å². The molecule has 1 aliphatic rings. The second kappa shape index (κ2) is 6.19. The van der Waals surface area contributed by atoms with Crippen molar-refractivity contribution in [1.82, 2.24) is 4.98 Å². The van der Waals surface area contributed by atoms with Gasteiger partial charge in [0.25, 0.3) is 6.02 Å². The molecule has 0 radical (unpaired) electrons. The van der Waals surface area contributed by atoms with E-state index in [1.165, 1.54) is 6.07 Å². The summed E-state index contributed by atoms with van der Waals surface area (Å²) in [5, 5.41) is 0. The summed E-state index contributed by atoms with van der Waals surface area (Å²) in [6.07, 6.45) is -2.60. The van der Waals surface area contributed by atoms with Crippen LogP contribution >= 0.6 is 0 Å². The zero-order valence-electron chi connectivity index (χ0n) is 11.4. The number of aromatic nitrogens is 1. The first-order chi connectivity index (χ1) is 9.88. The SMILES string of the molecule is CCC(CC1COC(N)=N1)Oc1ccc(C(F)(F)F)cn1. The molecule has 0 saturated carbocycles. The topological polar surface area (TPSA) is 69.7 Å². The van der Waals surface area contributed by atoms with Crippen molar-refractivity contribution in [3.05, 3.63) is 23.9 Å². The zero-order valence-corrected chi connectivity index (χ0v) is 11.4. The van der Waals surface area contributed by atoms with Gasteiger partial charge in [0.15, 0.2) is 0 Å². The molecule has 1 aromatic heterocycles. The van der Waals surface area contributed by atoms with Crippen molar-refractivity contribution in [3.63, 3.8) is 0 Å². The van der Waals surface area contributed by atoms with Gasteiger partial charge in [0.2, 0.25) is 5.88 Å². The van der Waals surface area contributed by atoms with E-state index in [1.807, 2.05) is 6.92 Å². The highest BCUT2D eigenvalue weighted by Crippen LogP contribution is 2.29. The maximum Gasteiger partial charge on any atom is 0.417 e. The summed E-state index contributed by atoms with van der Waals surface area (Å²) in [7, 11) is 0. The summed E-state index contributed by atoms with van der Waals surface area (Å²) < 4.78 is 47.9. The Bertz CT molecular complexity index is 502. The zero-order chi connectivity index (χ0) is 15.5. The van der Waals surface area contributed by atoms with E-state index in [4.69, 9.17) is 15.2 Å². The van der Waals surface area contributed by atoms with E-state index in [0.717, 1.165) is 12.3 Å². The Balaban J connectivity index is 1.95. The van der Waals surface area contributed by atoms with Gasteiger partial charge in [-0.05, 0) is 12.5 Å². The number of aliphatic imine (C=N–C) groups is 1. The number of nitrogens with zero attached hydrogens (tertiary/aromatic N) is 2. The van der Waals surface area contributed by atoms with Gasteiger partial charge in [-0.3, -0.25) is 0 Å². The molecule has 2 atom stereocenters. The Morgan fingerprint density at radius 3 is 2.71 bits per heavy atom. The van der Waals surface area contributed by atoms with E-state index < -0.39 is 11.7 Å². The van der Waals surface area contributed by atoms with Crippen molar-refractivity contribution in [1.29, 1.82) is 0 Å². The minimum Gasteiger partial charge on any atom is -0.474 e. The van der Waals surface area contributed by atoms with E-state index in [0.29, 0.717) is 19.4 Å². The first kappa shape index (κ1) is 15.4. The molecule has 0 saturated heterocycles. The van der Waals surface area contributed by atoms with Crippen molar-refractivity contribution >= 4 is 6.02 Å². The molecule has 5 nitrogen and oxygen atoms in total. The average molecular weight is 303 g/mol. The Hall–Kier alpha value is -1.99. The first-order valence-electron chi connectivity index (χ1n) is 6.54. The summed E-state index contributed by atoms with van der Waals surface area (Å²) in [6.45, 7) is 2.31. The molecule has 8 heteroatoms. The predicted molar refractivity (Wildman–Crippen MR) is 69.9 cm³/mol. The Kier molecular flexibility index (Phi) is 4.54. The molecule has 0 fully saturated rings. The number of pyridine rings is 1. The van der Waals surface area contributed by atoms with Gasteiger partial charge in [-0.15, -0.1) is 0 Å². The van der Waals surface area contributed by atoms with Gasteiger partial charge in [-0.1, -0.05) is 6.92 Å². The number of halogens is 3. The number of ether oxygens (including phenoxy) is 2. The summed E-state index contributed by atoms with van der Waals surface area (Å²) in [5.41, 5.74) is 4.62. The Morgan fingerprint density at radius 2 is 2.24 bits per heavy atom. The van der Waals surface area contributed by atoms with Crippen LogP contribution in [-0.2, 0) is 10.9 Å². The maximum absolute atomic E-state index is 12.4. The van der Waals surface area contributed by atoms with E-state index in [2.05, 4.69) is 9.98 Å². The summed E-state index contributed by atoms with van der Waals surface area (Å²) in [6, 6.07) is 2.23. The monoisotopic (exact) mass is 303 g/mol. The third-order valence-electron chi connectivity index (χ3n) is 3.07. The summed E-state index contributed by atoms with van der Waals surface area (Å²) in [5.74, 6) is 0.158. The second-order valence-electron chi connectivity index (χ2n) is 4.70. The van der Waals surface area contributed by atoms with Gasteiger partial charge in [0.1, 0.15) is 12.7 Å². The van der Waals surface area contributed by atoms with Gasteiger partial charge in [-0.25, -0.2) is 9.98 Å². The number of amidine groups is 1. The molecule has 2 N–H and O–H groups in total. The van der Waals surface area contributed by atoms with Crippen LogP contribution in [0.1, 0.15) is 25.3 Å². The smallest absolute Gasteiger partial charge is 0.417 e. The van der Waals surface area contributed by atoms with Gasteiger partial charge in [-0.2, -0.15) is 13.2 Å². The van der Waals surface area contributed by atoms with Crippen LogP contribution in [0.15, 0.2) is 23.3 Å². The van der Waals surface area contributed by atoms with Crippen LogP contribution in [0.5, 0.6) is 5.88 Å². The Morgan fingerprint density at radius 1 is 1.48 bits per heavy atom.